The summed E-state index contributed by atoms with van der Waals surface area (Å²) in [5.74, 6) is 0.475. The summed E-state index contributed by atoms with van der Waals surface area (Å²) < 4.78 is 5.83. The number of rotatable bonds is 7. The molecule has 29 heavy (non-hydrogen) atoms. The van der Waals surface area contributed by atoms with Crippen LogP contribution in [0.1, 0.15) is 12.8 Å². The number of ether oxygens (including phenoxy) is 1. The zero-order valence-corrected chi connectivity index (χ0v) is 16.6. The molecule has 148 valence electrons. The summed E-state index contributed by atoms with van der Waals surface area (Å²) >= 11 is 1.43. The first kappa shape index (κ1) is 19.3. The van der Waals surface area contributed by atoms with Gasteiger partial charge in [0.1, 0.15) is 11.3 Å². The number of aromatic nitrogens is 1. The van der Waals surface area contributed by atoms with Gasteiger partial charge in [-0.05, 0) is 30.7 Å². The summed E-state index contributed by atoms with van der Waals surface area (Å²) in [5, 5.41) is 6.35. The molecule has 0 bridgehead atoms. The van der Waals surface area contributed by atoms with Crippen LogP contribution in [0.2, 0.25) is 0 Å². The van der Waals surface area contributed by atoms with Gasteiger partial charge in [-0.1, -0.05) is 30.3 Å². The zero-order valence-electron chi connectivity index (χ0n) is 15.8. The van der Waals surface area contributed by atoms with Crippen molar-refractivity contribution in [3.8, 4) is 5.75 Å². The van der Waals surface area contributed by atoms with Crippen LogP contribution in [-0.2, 0) is 9.59 Å². The monoisotopic (exact) mass is 407 g/mol. The number of nitrogens with zero attached hydrogens (tertiary/aromatic N) is 1. The van der Waals surface area contributed by atoms with Crippen molar-refractivity contribution in [3.63, 3.8) is 0 Å². The van der Waals surface area contributed by atoms with Gasteiger partial charge in [-0.25, -0.2) is 0 Å². The highest BCUT2D eigenvalue weighted by molar-refractivity contribution is 8.01. The minimum atomic E-state index is -0.414. The first-order valence-corrected chi connectivity index (χ1v) is 10.4. The second kappa shape index (κ2) is 8.96. The van der Waals surface area contributed by atoms with Crippen LogP contribution >= 0.6 is 11.8 Å². The Morgan fingerprint density at radius 1 is 1.14 bits per heavy atom. The number of carbonyl (C=O) groups excluding carboxylic acids is 2. The Balaban J connectivity index is 1.21. The molecule has 1 unspecified atom stereocenters. The van der Waals surface area contributed by atoms with E-state index < -0.39 is 5.25 Å². The van der Waals surface area contributed by atoms with Gasteiger partial charge in [0.05, 0.1) is 17.5 Å². The minimum absolute atomic E-state index is 0.129. The molecular formula is C22H21N3O3S. The number of anilines is 1. The average Bonchev–Trinajstić information content (AvgIpc) is 2.74. The normalized spacial score (nSPS) is 15.4. The molecule has 2 heterocycles. The molecule has 1 atom stereocenters. The molecule has 0 saturated heterocycles. The van der Waals surface area contributed by atoms with Crippen molar-refractivity contribution in [2.45, 2.75) is 23.0 Å². The van der Waals surface area contributed by atoms with Crippen LogP contribution in [-0.4, -0.2) is 35.2 Å². The molecule has 1 aromatic heterocycles. The Morgan fingerprint density at radius 3 is 2.93 bits per heavy atom. The van der Waals surface area contributed by atoms with E-state index in [1.165, 1.54) is 11.8 Å². The van der Waals surface area contributed by atoms with E-state index in [1.807, 2.05) is 54.6 Å². The second-order valence-corrected chi connectivity index (χ2v) is 7.92. The Bertz CT molecular complexity index is 1040. The number of fused-ring (bicyclic) bond motifs is 2. The number of hydrogen-bond acceptors (Lipinski definition) is 5. The predicted molar refractivity (Wildman–Crippen MR) is 114 cm³/mol. The lowest BCUT2D eigenvalue weighted by Crippen LogP contribution is -2.35. The maximum absolute atomic E-state index is 12.2. The van der Waals surface area contributed by atoms with E-state index in [9.17, 15) is 9.59 Å². The van der Waals surface area contributed by atoms with Gasteiger partial charge in [-0.15, -0.1) is 11.8 Å². The molecule has 7 heteroatoms. The van der Waals surface area contributed by atoms with Crippen LogP contribution in [0.4, 0.5) is 5.69 Å². The average molecular weight is 407 g/mol. The fourth-order valence-corrected chi connectivity index (χ4v) is 4.25. The summed E-state index contributed by atoms with van der Waals surface area (Å²) in [6.45, 7) is 0.967. The van der Waals surface area contributed by atoms with Crippen LogP contribution in [0.15, 0.2) is 65.7 Å². The van der Waals surface area contributed by atoms with Gasteiger partial charge in [-0.3, -0.25) is 14.6 Å². The molecule has 0 spiro atoms. The van der Waals surface area contributed by atoms with Crippen molar-refractivity contribution in [3.05, 3.63) is 60.8 Å². The molecule has 0 radical (unpaired) electrons. The molecule has 1 aliphatic rings. The van der Waals surface area contributed by atoms with Crippen molar-refractivity contribution >= 4 is 40.2 Å². The Labute approximate surface area is 173 Å². The van der Waals surface area contributed by atoms with E-state index in [-0.39, 0.29) is 18.2 Å². The summed E-state index contributed by atoms with van der Waals surface area (Å²) in [4.78, 5) is 29.8. The summed E-state index contributed by atoms with van der Waals surface area (Å²) in [5.41, 5.74) is 1.64. The molecular weight excluding hydrogens is 386 g/mol. The lowest BCUT2D eigenvalue weighted by molar-refractivity contribution is -0.124. The lowest BCUT2D eigenvalue weighted by Gasteiger charge is -2.23. The largest absolute Gasteiger partial charge is 0.491 e. The Hall–Kier alpha value is -3.06. The van der Waals surface area contributed by atoms with Gasteiger partial charge in [0.15, 0.2) is 0 Å². The number of thioether (sulfide) groups is 1. The van der Waals surface area contributed by atoms with E-state index in [4.69, 9.17) is 4.74 Å². The first-order chi connectivity index (χ1) is 14.2. The maximum Gasteiger partial charge on any atom is 0.238 e. The highest BCUT2D eigenvalue weighted by Crippen LogP contribution is 2.36. The van der Waals surface area contributed by atoms with Gasteiger partial charge in [0.2, 0.25) is 11.8 Å². The molecule has 4 rings (SSSR count). The molecule has 0 saturated carbocycles. The zero-order chi connectivity index (χ0) is 20.1. The number of benzene rings is 2. The van der Waals surface area contributed by atoms with Gasteiger partial charge < -0.3 is 15.4 Å². The number of pyridine rings is 1. The predicted octanol–water partition coefficient (Wildman–Crippen LogP) is 3.62. The quantitative estimate of drug-likeness (QED) is 0.585. The number of amides is 2. The lowest BCUT2D eigenvalue weighted by atomic mass is 10.2. The minimum Gasteiger partial charge on any atom is -0.491 e. The van der Waals surface area contributed by atoms with Crippen LogP contribution in [0, 0.1) is 0 Å². The number of nitrogens with one attached hydrogen (secondary N) is 2. The summed E-state index contributed by atoms with van der Waals surface area (Å²) in [7, 11) is 0. The van der Waals surface area contributed by atoms with Gasteiger partial charge in [-0.2, -0.15) is 0 Å². The van der Waals surface area contributed by atoms with Crippen molar-refractivity contribution in [1.82, 2.24) is 10.3 Å². The van der Waals surface area contributed by atoms with Gasteiger partial charge >= 0.3 is 0 Å². The molecule has 0 aliphatic carbocycles. The first-order valence-electron chi connectivity index (χ1n) is 9.50. The third kappa shape index (κ3) is 4.68. The van der Waals surface area contributed by atoms with Crippen molar-refractivity contribution < 1.29 is 14.3 Å². The van der Waals surface area contributed by atoms with Crippen LogP contribution in [0.3, 0.4) is 0 Å². The topological polar surface area (TPSA) is 80.3 Å². The second-order valence-electron chi connectivity index (χ2n) is 6.68. The number of para-hydroxylation sites is 2. The van der Waals surface area contributed by atoms with Crippen molar-refractivity contribution in [1.29, 1.82) is 0 Å². The fourth-order valence-electron chi connectivity index (χ4n) is 3.14. The van der Waals surface area contributed by atoms with Crippen LogP contribution in [0.25, 0.3) is 10.9 Å². The third-order valence-corrected chi connectivity index (χ3v) is 5.85. The van der Waals surface area contributed by atoms with Gasteiger partial charge in [0, 0.05) is 29.4 Å². The number of carbonyl (C=O) groups is 2. The molecule has 2 aromatic carbocycles. The van der Waals surface area contributed by atoms with Crippen molar-refractivity contribution in [2.75, 3.05) is 18.5 Å². The van der Waals surface area contributed by atoms with E-state index in [2.05, 4.69) is 15.6 Å². The van der Waals surface area contributed by atoms with E-state index in [0.717, 1.165) is 27.2 Å². The van der Waals surface area contributed by atoms with E-state index in [1.54, 1.807) is 6.20 Å². The number of hydrogen-bond donors (Lipinski definition) is 2. The Morgan fingerprint density at radius 2 is 2.00 bits per heavy atom. The molecule has 2 N–H and O–H groups in total. The molecule has 6 nitrogen and oxygen atoms in total. The highest BCUT2D eigenvalue weighted by Gasteiger charge is 2.28. The third-order valence-electron chi connectivity index (χ3n) is 4.57. The van der Waals surface area contributed by atoms with Gasteiger partial charge in [0.25, 0.3) is 0 Å². The Kier molecular flexibility index (Phi) is 5.95. The molecule has 0 fully saturated rings. The molecule has 2 amide bonds. The standard InChI is InChI=1S/C22H21N3O3S/c26-20(14-19-22(27)25-16-8-1-2-10-18(16)29-19)23-12-5-13-28-17-9-3-6-15-7-4-11-24-21(15)17/h1-4,6-11,19H,5,12-14H2,(H,23,26)(H,25,27). The smallest absolute Gasteiger partial charge is 0.238 e. The van der Waals surface area contributed by atoms with Crippen LogP contribution in [0.5, 0.6) is 5.75 Å². The summed E-state index contributed by atoms with van der Waals surface area (Å²) in [6.07, 6.45) is 2.56. The SMILES string of the molecule is O=C(CC1Sc2ccccc2NC1=O)NCCCOc1cccc2cccnc12. The van der Waals surface area contributed by atoms with Crippen molar-refractivity contribution in [2.24, 2.45) is 0 Å². The molecule has 1 aliphatic heterocycles. The highest BCUT2D eigenvalue weighted by atomic mass is 32.2. The maximum atomic E-state index is 12.2. The van der Waals surface area contributed by atoms with E-state index >= 15 is 0 Å². The van der Waals surface area contributed by atoms with E-state index in [0.29, 0.717) is 19.6 Å². The summed E-state index contributed by atoms with van der Waals surface area (Å²) in [6, 6.07) is 17.3. The molecule has 3 aromatic rings. The van der Waals surface area contributed by atoms with Crippen LogP contribution < -0.4 is 15.4 Å². The fraction of sp³-hybridized carbons (Fsp3) is 0.227.